The molecule has 12 nitrogen and oxygen atoms in total. The number of methoxy groups -OCH3 is 1. The Labute approximate surface area is 289 Å². The molecule has 3 saturated carbocycles. The van der Waals surface area contributed by atoms with E-state index in [9.17, 15) is 14.4 Å². The topological polar surface area (TPSA) is 148 Å². The summed E-state index contributed by atoms with van der Waals surface area (Å²) in [5.74, 6) is 1.36. The Kier molecular flexibility index (Phi) is 9.88. The van der Waals surface area contributed by atoms with Crippen LogP contribution in [0.1, 0.15) is 107 Å². The maximum Gasteiger partial charge on any atom is 0.407 e. The molecule has 4 N–H and O–H groups in total. The largest absolute Gasteiger partial charge is 0.453 e. The molecule has 4 fully saturated rings. The van der Waals surface area contributed by atoms with Crippen LogP contribution < -0.4 is 10.6 Å². The Hall–Kier alpha value is -4.19. The smallest absolute Gasteiger partial charge is 0.407 e. The SMILES string of the molecule is COC(=O)NC(C(=O)NC(C)c1ncc(-c2ccc(C34CCC(c5cnc(C6CCCN6C(=O)CN(C)C)[nH]5)(CC3)CC4)cc2)[nH]1)C(C)C. The quantitative estimate of drug-likeness (QED) is 0.221. The molecule has 264 valence electrons. The molecule has 3 heterocycles. The van der Waals surface area contributed by atoms with Gasteiger partial charge in [-0.3, -0.25) is 9.59 Å². The molecule has 2 bridgehead atoms. The number of imidazole rings is 2. The van der Waals surface area contributed by atoms with Crippen LogP contribution in [-0.2, 0) is 25.2 Å². The molecule has 0 radical (unpaired) electrons. The van der Waals surface area contributed by atoms with E-state index in [1.165, 1.54) is 18.4 Å². The predicted molar refractivity (Wildman–Crippen MR) is 187 cm³/mol. The number of hydrogen-bond acceptors (Lipinski definition) is 7. The van der Waals surface area contributed by atoms with Gasteiger partial charge in [-0.2, -0.15) is 0 Å². The van der Waals surface area contributed by atoms with Gasteiger partial charge in [-0.15, -0.1) is 0 Å². The van der Waals surface area contributed by atoms with Crippen molar-refractivity contribution in [3.05, 3.63) is 59.6 Å². The fourth-order valence-corrected chi connectivity index (χ4v) is 8.31. The van der Waals surface area contributed by atoms with Gasteiger partial charge in [0, 0.05) is 23.9 Å². The van der Waals surface area contributed by atoms with Crippen molar-refractivity contribution in [1.82, 2.24) is 40.4 Å². The normalized spacial score (nSPS) is 24.7. The first kappa shape index (κ1) is 34.7. The zero-order valence-corrected chi connectivity index (χ0v) is 29.8. The second kappa shape index (κ2) is 14.0. The van der Waals surface area contributed by atoms with Crippen molar-refractivity contribution >= 4 is 17.9 Å². The van der Waals surface area contributed by atoms with E-state index in [4.69, 9.17) is 4.98 Å². The zero-order chi connectivity index (χ0) is 34.9. The number of rotatable bonds is 11. The van der Waals surface area contributed by atoms with Gasteiger partial charge < -0.3 is 35.1 Å². The summed E-state index contributed by atoms with van der Waals surface area (Å²) in [6.07, 6.45) is 12.0. The molecule has 3 aliphatic carbocycles. The first-order valence-corrected chi connectivity index (χ1v) is 17.7. The van der Waals surface area contributed by atoms with Gasteiger partial charge in [-0.25, -0.2) is 14.8 Å². The number of amides is 3. The Bertz CT molecular complexity index is 1620. The highest BCUT2D eigenvalue weighted by Gasteiger charge is 2.51. The maximum atomic E-state index is 12.9. The van der Waals surface area contributed by atoms with Crippen LogP contribution >= 0.6 is 0 Å². The fraction of sp³-hybridized carbons (Fsp3) is 0.595. The molecule has 2 aromatic heterocycles. The molecule has 49 heavy (non-hydrogen) atoms. The zero-order valence-electron chi connectivity index (χ0n) is 29.8. The number of benzene rings is 1. The number of nitrogens with zero attached hydrogens (tertiary/aromatic N) is 4. The van der Waals surface area contributed by atoms with E-state index in [0.29, 0.717) is 12.4 Å². The molecule has 1 aliphatic heterocycles. The van der Waals surface area contributed by atoms with Gasteiger partial charge in [0.05, 0.1) is 37.6 Å². The number of ether oxygens (including phenoxy) is 1. The highest BCUT2D eigenvalue weighted by molar-refractivity contribution is 5.86. The van der Waals surface area contributed by atoms with Crippen molar-refractivity contribution in [3.8, 4) is 11.3 Å². The van der Waals surface area contributed by atoms with Gasteiger partial charge in [0.1, 0.15) is 17.7 Å². The Morgan fingerprint density at radius 2 is 1.63 bits per heavy atom. The van der Waals surface area contributed by atoms with Gasteiger partial charge in [-0.1, -0.05) is 38.1 Å². The molecule has 3 aromatic rings. The summed E-state index contributed by atoms with van der Waals surface area (Å²) in [4.78, 5) is 58.0. The summed E-state index contributed by atoms with van der Waals surface area (Å²) in [7, 11) is 5.15. The van der Waals surface area contributed by atoms with Gasteiger partial charge in [0.2, 0.25) is 11.8 Å². The summed E-state index contributed by atoms with van der Waals surface area (Å²) in [5.41, 5.74) is 4.90. The van der Waals surface area contributed by atoms with E-state index >= 15 is 0 Å². The summed E-state index contributed by atoms with van der Waals surface area (Å²) < 4.78 is 4.68. The molecule has 12 heteroatoms. The van der Waals surface area contributed by atoms with Crippen LogP contribution in [0.25, 0.3) is 11.3 Å². The lowest BCUT2D eigenvalue weighted by Gasteiger charge is -2.53. The van der Waals surface area contributed by atoms with E-state index in [-0.39, 0.29) is 40.6 Å². The van der Waals surface area contributed by atoms with Gasteiger partial charge in [0.15, 0.2) is 0 Å². The number of carbonyl (C=O) groups is 3. The average Bonchev–Trinajstić information content (AvgIpc) is 3.89. The minimum Gasteiger partial charge on any atom is -0.453 e. The lowest BCUT2D eigenvalue weighted by Crippen LogP contribution is -2.50. The van der Waals surface area contributed by atoms with Crippen LogP contribution in [0.4, 0.5) is 4.79 Å². The van der Waals surface area contributed by atoms with Crippen LogP contribution in [0.5, 0.6) is 0 Å². The van der Waals surface area contributed by atoms with Crippen LogP contribution in [0.15, 0.2) is 36.7 Å². The summed E-state index contributed by atoms with van der Waals surface area (Å²) in [6, 6.07) is 7.84. The number of likely N-dealkylation sites (N-methyl/N-ethyl adjacent to an activating group) is 1. The van der Waals surface area contributed by atoms with Crippen molar-refractivity contribution in [2.24, 2.45) is 5.92 Å². The van der Waals surface area contributed by atoms with Gasteiger partial charge in [-0.05, 0) is 94.8 Å². The standard InChI is InChI=1S/C37H52N8O4/c1-23(2)31(43-35(48)49-6)34(47)40-24(3)32-38-20-27(41-32)25-9-11-26(12-10-25)36-13-16-37(17-14-36,18-15-36)29-21-39-33(42-29)28-8-7-19-45(28)30(46)22-44(4)5/h9-12,20-21,23-24,28,31H,7-8,13-19,22H2,1-6H3,(H,38,41)(H,39,42)(H,40,47)(H,43,48). The fourth-order valence-electron chi connectivity index (χ4n) is 8.31. The van der Waals surface area contributed by atoms with E-state index in [2.05, 4.69) is 60.8 Å². The van der Waals surface area contributed by atoms with Crippen molar-refractivity contribution < 1.29 is 19.1 Å². The van der Waals surface area contributed by atoms with Crippen LogP contribution in [0.3, 0.4) is 0 Å². The molecule has 3 amide bonds. The first-order chi connectivity index (χ1) is 23.4. The van der Waals surface area contributed by atoms with E-state index in [1.807, 2.05) is 44.7 Å². The molecule has 3 unspecified atom stereocenters. The monoisotopic (exact) mass is 672 g/mol. The summed E-state index contributed by atoms with van der Waals surface area (Å²) in [6.45, 7) is 6.83. The van der Waals surface area contributed by atoms with Gasteiger partial charge in [0.25, 0.3) is 0 Å². The Morgan fingerprint density at radius 3 is 2.27 bits per heavy atom. The minimum atomic E-state index is -0.717. The first-order valence-electron chi connectivity index (χ1n) is 17.7. The number of alkyl carbamates (subject to hydrolysis) is 1. The van der Waals surface area contributed by atoms with E-state index in [0.717, 1.165) is 75.0 Å². The molecule has 1 aromatic carbocycles. The third-order valence-electron chi connectivity index (χ3n) is 11.3. The second-order valence-corrected chi connectivity index (χ2v) is 15.1. The van der Waals surface area contributed by atoms with Crippen LogP contribution in [-0.4, -0.2) is 88.0 Å². The predicted octanol–water partition coefficient (Wildman–Crippen LogP) is 5.13. The molecule has 7 rings (SSSR count). The molecule has 4 aliphatic rings. The number of likely N-dealkylation sites (tertiary alicyclic amines) is 1. The second-order valence-electron chi connectivity index (χ2n) is 15.1. The van der Waals surface area contributed by atoms with E-state index < -0.39 is 12.1 Å². The van der Waals surface area contributed by atoms with Crippen LogP contribution in [0, 0.1) is 5.92 Å². The number of fused-ring (bicyclic) bond motifs is 3. The number of carbonyl (C=O) groups excluding carboxylic acids is 3. The number of H-pyrrole nitrogens is 2. The minimum absolute atomic E-state index is 0.0443. The highest BCUT2D eigenvalue weighted by Crippen LogP contribution is 2.58. The lowest BCUT2D eigenvalue weighted by atomic mass is 9.51. The Balaban J connectivity index is 1.08. The van der Waals surface area contributed by atoms with Gasteiger partial charge >= 0.3 is 6.09 Å². The number of aromatic amines is 2. The molecule has 1 saturated heterocycles. The van der Waals surface area contributed by atoms with Crippen molar-refractivity contribution in [3.63, 3.8) is 0 Å². The Morgan fingerprint density at radius 1 is 0.959 bits per heavy atom. The van der Waals surface area contributed by atoms with Crippen molar-refractivity contribution in [2.75, 3.05) is 34.3 Å². The third-order valence-corrected chi connectivity index (χ3v) is 11.3. The molecule has 3 atom stereocenters. The third kappa shape index (κ3) is 6.97. The van der Waals surface area contributed by atoms with Crippen molar-refractivity contribution in [1.29, 1.82) is 0 Å². The highest BCUT2D eigenvalue weighted by atomic mass is 16.5. The summed E-state index contributed by atoms with van der Waals surface area (Å²) in [5, 5.41) is 5.56. The number of nitrogens with one attached hydrogen (secondary N) is 4. The summed E-state index contributed by atoms with van der Waals surface area (Å²) >= 11 is 0. The van der Waals surface area contributed by atoms with Crippen molar-refractivity contribution in [2.45, 2.75) is 101 Å². The van der Waals surface area contributed by atoms with Crippen LogP contribution in [0.2, 0.25) is 0 Å². The number of hydrogen-bond donors (Lipinski definition) is 4. The molecule has 0 spiro atoms. The van der Waals surface area contributed by atoms with E-state index in [1.54, 1.807) is 6.20 Å². The molecular weight excluding hydrogens is 620 g/mol. The number of aromatic nitrogens is 4. The average molecular weight is 673 g/mol. The molecular formula is C37H52N8O4. The lowest BCUT2D eigenvalue weighted by molar-refractivity contribution is -0.133. The maximum absolute atomic E-state index is 12.9.